The molecule has 0 aliphatic carbocycles. The summed E-state index contributed by atoms with van der Waals surface area (Å²) in [6, 6.07) is 37.6. The van der Waals surface area contributed by atoms with Crippen LogP contribution in [0.25, 0.3) is 76.9 Å². The Labute approximate surface area is 250 Å². The molecule has 0 aliphatic rings. The van der Waals surface area contributed by atoms with E-state index in [1.54, 1.807) is 0 Å². The molecule has 0 atom stereocenters. The molecule has 0 amide bonds. The highest BCUT2D eigenvalue weighted by molar-refractivity contribution is 6.23. The zero-order chi connectivity index (χ0) is 30.1. The minimum Gasteiger partial charge on any atom is -0.504 e. The lowest BCUT2D eigenvalue weighted by Crippen LogP contribution is -1.92. The van der Waals surface area contributed by atoms with Gasteiger partial charge in [-0.3, -0.25) is 0 Å². The highest BCUT2D eigenvalue weighted by Crippen LogP contribution is 2.57. The van der Waals surface area contributed by atoms with Crippen LogP contribution < -0.4 is 0 Å². The maximum atomic E-state index is 10.9. The molecule has 0 bridgehead atoms. The second kappa shape index (κ2) is 9.44. The number of phenols is 5. The number of rotatable bonds is 3. The lowest BCUT2D eigenvalue weighted by atomic mass is 9.85. The van der Waals surface area contributed by atoms with E-state index in [9.17, 15) is 25.5 Å². The third-order valence-electron chi connectivity index (χ3n) is 8.42. The first-order chi connectivity index (χ1) is 21.4. The maximum absolute atomic E-state index is 10.9. The Hall–Kier alpha value is -6.14. The first-order valence-electron chi connectivity index (χ1n) is 14.1. The van der Waals surface area contributed by atoms with Crippen molar-refractivity contribution in [2.45, 2.75) is 0 Å². The van der Waals surface area contributed by atoms with Crippen molar-refractivity contribution < 1.29 is 29.9 Å². The van der Waals surface area contributed by atoms with Crippen LogP contribution in [-0.2, 0) is 0 Å². The van der Waals surface area contributed by atoms with E-state index >= 15 is 0 Å². The molecule has 0 saturated carbocycles. The number of phenolic OH excluding ortho intramolecular Hbond substituents is 5. The van der Waals surface area contributed by atoms with Gasteiger partial charge in [0.2, 0.25) is 17.2 Å². The van der Waals surface area contributed by atoms with Crippen molar-refractivity contribution in [1.82, 2.24) is 0 Å². The SMILES string of the molecule is Oc1c(O)c(O)c(-c2c3ccccc3c(-c3ccc4oc5cc(-c6ccccc6)ccc5c4c3)c3ccccc23)c(O)c1O. The molecule has 0 saturated heterocycles. The Morgan fingerprint density at radius 3 is 1.45 bits per heavy atom. The molecule has 8 aromatic rings. The van der Waals surface area contributed by atoms with Crippen LogP contribution in [0.5, 0.6) is 28.7 Å². The van der Waals surface area contributed by atoms with Gasteiger partial charge in [-0.15, -0.1) is 0 Å². The second-order valence-corrected chi connectivity index (χ2v) is 10.8. The molecule has 0 unspecified atom stereocenters. The maximum Gasteiger partial charge on any atom is 0.208 e. The number of benzene rings is 7. The molecule has 1 heterocycles. The third-order valence-corrected chi connectivity index (χ3v) is 8.42. The van der Waals surface area contributed by atoms with Crippen molar-refractivity contribution in [3.8, 4) is 62.1 Å². The van der Waals surface area contributed by atoms with Crippen LogP contribution in [0.3, 0.4) is 0 Å². The topological polar surface area (TPSA) is 114 Å². The molecular formula is C38H24O6. The summed E-state index contributed by atoms with van der Waals surface area (Å²) < 4.78 is 6.29. The van der Waals surface area contributed by atoms with Gasteiger partial charge in [-0.05, 0) is 68.1 Å². The Morgan fingerprint density at radius 2 is 0.841 bits per heavy atom. The summed E-state index contributed by atoms with van der Waals surface area (Å²) in [5, 5.41) is 57.7. The average molecular weight is 577 g/mol. The summed E-state index contributed by atoms with van der Waals surface area (Å²) in [4.78, 5) is 0. The average Bonchev–Trinajstić information content (AvgIpc) is 3.44. The van der Waals surface area contributed by atoms with Gasteiger partial charge in [0.05, 0.1) is 5.56 Å². The molecule has 6 nitrogen and oxygen atoms in total. The highest BCUT2D eigenvalue weighted by atomic mass is 16.4. The zero-order valence-corrected chi connectivity index (χ0v) is 23.1. The van der Waals surface area contributed by atoms with Crippen LogP contribution in [0.4, 0.5) is 0 Å². The zero-order valence-electron chi connectivity index (χ0n) is 23.1. The predicted molar refractivity (Wildman–Crippen MR) is 173 cm³/mol. The number of aromatic hydroxyl groups is 5. The van der Waals surface area contributed by atoms with Gasteiger partial charge in [0.1, 0.15) is 11.2 Å². The van der Waals surface area contributed by atoms with E-state index in [0.29, 0.717) is 16.3 Å². The van der Waals surface area contributed by atoms with E-state index < -0.39 is 28.7 Å². The van der Waals surface area contributed by atoms with E-state index in [4.69, 9.17) is 4.42 Å². The molecule has 8 rings (SSSR count). The smallest absolute Gasteiger partial charge is 0.208 e. The first-order valence-corrected chi connectivity index (χ1v) is 14.1. The summed E-state index contributed by atoms with van der Waals surface area (Å²) in [6.07, 6.45) is 0. The number of furan rings is 1. The minimum absolute atomic E-state index is 0.178. The van der Waals surface area contributed by atoms with Gasteiger partial charge in [0.25, 0.3) is 0 Å². The minimum atomic E-state index is -0.995. The fraction of sp³-hybridized carbons (Fsp3) is 0. The Bertz CT molecular complexity index is 2350. The molecule has 0 spiro atoms. The molecule has 1 aromatic heterocycles. The summed E-state index contributed by atoms with van der Waals surface area (Å²) in [6.45, 7) is 0. The Morgan fingerprint density at radius 1 is 0.318 bits per heavy atom. The Balaban J connectivity index is 1.42. The lowest BCUT2D eigenvalue weighted by molar-refractivity contribution is 0.330. The van der Waals surface area contributed by atoms with Gasteiger partial charge < -0.3 is 29.9 Å². The van der Waals surface area contributed by atoms with Gasteiger partial charge >= 0.3 is 0 Å². The van der Waals surface area contributed by atoms with Crippen LogP contribution in [0.2, 0.25) is 0 Å². The van der Waals surface area contributed by atoms with Crippen molar-refractivity contribution in [3.63, 3.8) is 0 Å². The van der Waals surface area contributed by atoms with Gasteiger partial charge in [-0.1, -0.05) is 91.0 Å². The lowest BCUT2D eigenvalue weighted by Gasteiger charge is -2.20. The van der Waals surface area contributed by atoms with E-state index in [0.717, 1.165) is 55.0 Å². The number of hydrogen-bond acceptors (Lipinski definition) is 6. The molecule has 212 valence electrons. The van der Waals surface area contributed by atoms with Crippen LogP contribution in [0, 0.1) is 0 Å². The van der Waals surface area contributed by atoms with Gasteiger partial charge in [-0.2, -0.15) is 0 Å². The van der Waals surface area contributed by atoms with E-state index in [1.807, 2.05) is 78.9 Å². The largest absolute Gasteiger partial charge is 0.504 e. The summed E-state index contributed by atoms with van der Waals surface area (Å²) in [5.74, 6) is -4.30. The molecule has 7 aromatic carbocycles. The fourth-order valence-corrected chi connectivity index (χ4v) is 6.37. The van der Waals surface area contributed by atoms with Crippen LogP contribution in [-0.4, -0.2) is 25.5 Å². The molecule has 0 radical (unpaired) electrons. The molecule has 5 N–H and O–H groups in total. The van der Waals surface area contributed by atoms with E-state index in [-0.39, 0.29) is 5.56 Å². The Kier molecular flexibility index (Phi) is 5.48. The van der Waals surface area contributed by atoms with Gasteiger partial charge in [0.15, 0.2) is 11.5 Å². The van der Waals surface area contributed by atoms with Crippen LogP contribution in [0.15, 0.2) is 120 Å². The number of hydrogen-bond donors (Lipinski definition) is 5. The van der Waals surface area contributed by atoms with Gasteiger partial charge in [-0.25, -0.2) is 0 Å². The van der Waals surface area contributed by atoms with E-state index in [1.165, 1.54) is 0 Å². The van der Waals surface area contributed by atoms with Crippen LogP contribution >= 0.6 is 0 Å². The van der Waals surface area contributed by atoms with E-state index in [2.05, 4.69) is 36.4 Å². The van der Waals surface area contributed by atoms with Crippen molar-refractivity contribution in [2.75, 3.05) is 0 Å². The fourth-order valence-electron chi connectivity index (χ4n) is 6.37. The summed E-state index contributed by atoms with van der Waals surface area (Å²) in [5.41, 5.74) is 5.85. The monoisotopic (exact) mass is 576 g/mol. The summed E-state index contributed by atoms with van der Waals surface area (Å²) >= 11 is 0. The second-order valence-electron chi connectivity index (χ2n) is 10.8. The van der Waals surface area contributed by atoms with Crippen molar-refractivity contribution in [3.05, 3.63) is 115 Å². The molecule has 0 aliphatic heterocycles. The molecule has 0 fully saturated rings. The number of fused-ring (bicyclic) bond motifs is 5. The normalized spacial score (nSPS) is 11.6. The predicted octanol–water partition coefficient (Wildman–Crippen LogP) is 9.42. The quantitative estimate of drug-likeness (QED) is 0.0813. The standard InChI is InChI=1S/C38H24O6/c39-34-33(35(40)37(42)38(43)36(34)41)32-26-12-6-4-10-24(26)31(25-11-5-7-13-27(25)32)22-15-17-29-28(18-22)23-16-14-21(19-30(23)44-29)20-8-2-1-3-9-20/h1-19,39-43H. The molecule has 44 heavy (non-hydrogen) atoms. The summed E-state index contributed by atoms with van der Waals surface area (Å²) in [7, 11) is 0. The molecular weight excluding hydrogens is 552 g/mol. The molecule has 6 heteroatoms. The van der Waals surface area contributed by atoms with Crippen molar-refractivity contribution in [2.24, 2.45) is 0 Å². The highest BCUT2D eigenvalue weighted by Gasteiger charge is 2.28. The van der Waals surface area contributed by atoms with Crippen molar-refractivity contribution in [1.29, 1.82) is 0 Å². The first kappa shape index (κ1) is 25.6. The van der Waals surface area contributed by atoms with Crippen molar-refractivity contribution >= 4 is 43.5 Å². The van der Waals surface area contributed by atoms with Crippen LogP contribution in [0.1, 0.15) is 0 Å². The van der Waals surface area contributed by atoms with Gasteiger partial charge in [0, 0.05) is 16.3 Å². The third kappa shape index (κ3) is 3.61.